The smallest absolute Gasteiger partial charge is 0.317 e. The third-order valence-electron chi connectivity index (χ3n) is 4.23. The molecule has 0 unspecified atom stereocenters. The zero-order valence-electron chi connectivity index (χ0n) is 14.3. The zero-order chi connectivity index (χ0) is 17.6. The van der Waals surface area contributed by atoms with Crippen molar-refractivity contribution in [3.8, 4) is 17.2 Å². The number of likely N-dealkylation sites (tertiary alicyclic amines) is 1. The number of carbonyl (C=O) groups excluding carboxylic acids is 1. The standard InChI is InChI=1S/C18H23N3O4/c1-24-16-6-4-13(5-7-16)17-20-14(12-25-17)8-9-19-18(23)21-10-2-3-15(22)11-21/h4-7,12,15,22H,2-3,8-11H2,1H3,(H,19,23)/t15-/m1/s1. The molecule has 1 aromatic carbocycles. The second-order valence-corrected chi connectivity index (χ2v) is 6.10. The van der Waals surface area contributed by atoms with Crippen molar-refractivity contribution < 1.29 is 19.1 Å². The molecule has 2 heterocycles. The lowest BCUT2D eigenvalue weighted by Gasteiger charge is -2.30. The number of β-amino-alcohol motifs (C(OH)–C–C–N with tert-alkyl or cyclic N) is 1. The number of urea groups is 1. The molecule has 1 saturated heterocycles. The fourth-order valence-electron chi connectivity index (χ4n) is 2.84. The number of rotatable bonds is 5. The maximum atomic E-state index is 12.1. The molecule has 1 atom stereocenters. The lowest BCUT2D eigenvalue weighted by Crippen LogP contribution is -2.47. The Hall–Kier alpha value is -2.54. The summed E-state index contributed by atoms with van der Waals surface area (Å²) >= 11 is 0. The first-order valence-electron chi connectivity index (χ1n) is 8.45. The van der Waals surface area contributed by atoms with Gasteiger partial charge in [0.2, 0.25) is 5.89 Å². The van der Waals surface area contributed by atoms with E-state index < -0.39 is 6.10 Å². The zero-order valence-corrected chi connectivity index (χ0v) is 14.3. The number of oxazole rings is 1. The van der Waals surface area contributed by atoms with Crippen LogP contribution in [0.1, 0.15) is 18.5 Å². The molecular formula is C18H23N3O4. The number of aliphatic hydroxyl groups is 1. The van der Waals surface area contributed by atoms with Crippen molar-refractivity contribution in [2.75, 3.05) is 26.7 Å². The van der Waals surface area contributed by atoms with Crippen LogP contribution in [-0.2, 0) is 6.42 Å². The van der Waals surface area contributed by atoms with Gasteiger partial charge in [0.15, 0.2) is 0 Å². The summed E-state index contributed by atoms with van der Waals surface area (Å²) in [5, 5.41) is 12.5. The number of amides is 2. The summed E-state index contributed by atoms with van der Waals surface area (Å²) in [6.45, 7) is 1.56. The highest BCUT2D eigenvalue weighted by Gasteiger charge is 2.21. The summed E-state index contributed by atoms with van der Waals surface area (Å²) in [5.74, 6) is 1.32. The van der Waals surface area contributed by atoms with E-state index in [1.807, 2.05) is 24.3 Å². The molecule has 0 radical (unpaired) electrons. The van der Waals surface area contributed by atoms with Crippen molar-refractivity contribution in [2.24, 2.45) is 0 Å². The van der Waals surface area contributed by atoms with Crippen molar-refractivity contribution >= 4 is 6.03 Å². The van der Waals surface area contributed by atoms with Crippen molar-refractivity contribution in [1.82, 2.24) is 15.2 Å². The first-order chi connectivity index (χ1) is 12.2. The topological polar surface area (TPSA) is 87.8 Å². The normalized spacial score (nSPS) is 17.4. The summed E-state index contributed by atoms with van der Waals surface area (Å²) in [6, 6.07) is 7.34. The van der Waals surface area contributed by atoms with Gasteiger partial charge in [0.1, 0.15) is 12.0 Å². The number of nitrogens with one attached hydrogen (secondary N) is 1. The SMILES string of the molecule is COc1ccc(-c2nc(CCNC(=O)N3CCC[C@@H](O)C3)co2)cc1. The largest absolute Gasteiger partial charge is 0.497 e. The number of hydrogen-bond acceptors (Lipinski definition) is 5. The van der Waals surface area contributed by atoms with Gasteiger partial charge in [-0.15, -0.1) is 0 Å². The fourth-order valence-corrected chi connectivity index (χ4v) is 2.84. The Balaban J connectivity index is 1.49. The maximum absolute atomic E-state index is 12.1. The molecule has 2 amide bonds. The van der Waals surface area contributed by atoms with E-state index in [0.717, 1.165) is 29.8 Å². The van der Waals surface area contributed by atoms with Crippen molar-refractivity contribution in [3.05, 3.63) is 36.2 Å². The van der Waals surface area contributed by atoms with Crippen molar-refractivity contribution in [3.63, 3.8) is 0 Å². The van der Waals surface area contributed by atoms with E-state index in [2.05, 4.69) is 10.3 Å². The lowest BCUT2D eigenvalue weighted by molar-refractivity contribution is 0.0843. The molecule has 1 aromatic heterocycles. The van der Waals surface area contributed by atoms with Gasteiger partial charge < -0.3 is 24.5 Å². The second kappa shape index (κ2) is 8.02. The Labute approximate surface area is 146 Å². The number of methoxy groups -OCH3 is 1. The minimum Gasteiger partial charge on any atom is -0.497 e. The third-order valence-corrected chi connectivity index (χ3v) is 4.23. The monoisotopic (exact) mass is 345 g/mol. The molecule has 7 nitrogen and oxygen atoms in total. The minimum atomic E-state index is -0.415. The number of aliphatic hydroxyl groups excluding tert-OH is 1. The molecule has 25 heavy (non-hydrogen) atoms. The van der Waals surface area contributed by atoms with E-state index in [-0.39, 0.29) is 6.03 Å². The number of hydrogen-bond donors (Lipinski definition) is 2. The molecule has 2 aromatic rings. The molecule has 0 spiro atoms. The number of carbonyl (C=O) groups is 1. The van der Waals surface area contributed by atoms with E-state index in [4.69, 9.17) is 9.15 Å². The van der Waals surface area contributed by atoms with E-state index in [1.165, 1.54) is 0 Å². The molecule has 0 saturated carbocycles. The Morgan fingerprint density at radius 2 is 2.24 bits per heavy atom. The van der Waals surface area contributed by atoms with Gasteiger partial charge in [-0.05, 0) is 37.1 Å². The molecule has 3 rings (SSSR count). The first-order valence-corrected chi connectivity index (χ1v) is 8.45. The quantitative estimate of drug-likeness (QED) is 0.866. The van der Waals surface area contributed by atoms with Crippen LogP contribution in [0.25, 0.3) is 11.5 Å². The average molecular weight is 345 g/mol. The summed E-state index contributed by atoms with van der Waals surface area (Å²) in [4.78, 5) is 18.2. The van der Waals surface area contributed by atoms with Gasteiger partial charge in [0.05, 0.1) is 18.9 Å². The Bertz CT molecular complexity index is 699. The number of benzene rings is 1. The van der Waals surface area contributed by atoms with Crippen LogP contribution in [0.3, 0.4) is 0 Å². The average Bonchev–Trinajstić information content (AvgIpc) is 3.10. The van der Waals surface area contributed by atoms with Gasteiger partial charge >= 0.3 is 6.03 Å². The van der Waals surface area contributed by atoms with Crippen LogP contribution in [0, 0.1) is 0 Å². The summed E-state index contributed by atoms with van der Waals surface area (Å²) < 4.78 is 10.6. The van der Waals surface area contributed by atoms with Crippen LogP contribution >= 0.6 is 0 Å². The predicted molar refractivity (Wildman–Crippen MR) is 92.4 cm³/mol. The van der Waals surface area contributed by atoms with Crippen LogP contribution in [-0.4, -0.2) is 53.9 Å². The van der Waals surface area contributed by atoms with Gasteiger partial charge in [0, 0.05) is 31.6 Å². The minimum absolute atomic E-state index is 0.141. The van der Waals surface area contributed by atoms with Gasteiger partial charge in [0.25, 0.3) is 0 Å². The molecule has 1 aliphatic heterocycles. The van der Waals surface area contributed by atoms with E-state index in [9.17, 15) is 9.90 Å². The predicted octanol–water partition coefficient (Wildman–Crippen LogP) is 2.06. The Morgan fingerprint density at radius 3 is 2.96 bits per heavy atom. The Kier molecular flexibility index (Phi) is 5.55. The third kappa shape index (κ3) is 4.51. The van der Waals surface area contributed by atoms with E-state index in [0.29, 0.717) is 31.9 Å². The van der Waals surface area contributed by atoms with Gasteiger partial charge in [-0.2, -0.15) is 0 Å². The first kappa shape index (κ1) is 17.3. The molecule has 2 N–H and O–H groups in total. The highest BCUT2D eigenvalue weighted by Crippen LogP contribution is 2.21. The number of aromatic nitrogens is 1. The molecule has 1 fully saturated rings. The molecule has 134 valence electrons. The fraction of sp³-hybridized carbons (Fsp3) is 0.444. The second-order valence-electron chi connectivity index (χ2n) is 6.10. The summed E-state index contributed by atoms with van der Waals surface area (Å²) in [6.07, 6.45) is 3.38. The molecule has 0 bridgehead atoms. The van der Waals surface area contributed by atoms with Crippen LogP contribution in [0.2, 0.25) is 0 Å². The molecular weight excluding hydrogens is 322 g/mol. The number of piperidine rings is 1. The number of nitrogens with zero attached hydrogens (tertiary/aromatic N) is 2. The number of ether oxygens (including phenoxy) is 1. The lowest BCUT2D eigenvalue weighted by atomic mass is 10.1. The molecule has 7 heteroatoms. The van der Waals surface area contributed by atoms with Gasteiger partial charge in [-0.25, -0.2) is 9.78 Å². The highest BCUT2D eigenvalue weighted by molar-refractivity contribution is 5.74. The molecule has 1 aliphatic rings. The van der Waals surface area contributed by atoms with Crippen LogP contribution < -0.4 is 10.1 Å². The van der Waals surface area contributed by atoms with Crippen molar-refractivity contribution in [2.45, 2.75) is 25.4 Å². The summed E-state index contributed by atoms with van der Waals surface area (Å²) in [5.41, 5.74) is 1.66. The maximum Gasteiger partial charge on any atom is 0.317 e. The van der Waals surface area contributed by atoms with Crippen LogP contribution in [0.4, 0.5) is 4.79 Å². The highest BCUT2D eigenvalue weighted by atomic mass is 16.5. The van der Waals surface area contributed by atoms with Gasteiger partial charge in [-0.3, -0.25) is 0 Å². The van der Waals surface area contributed by atoms with Crippen LogP contribution in [0.5, 0.6) is 5.75 Å². The summed E-state index contributed by atoms with van der Waals surface area (Å²) in [7, 11) is 1.62. The van der Waals surface area contributed by atoms with E-state index >= 15 is 0 Å². The van der Waals surface area contributed by atoms with Crippen LogP contribution in [0.15, 0.2) is 34.9 Å². The van der Waals surface area contributed by atoms with E-state index in [1.54, 1.807) is 18.3 Å². The van der Waals surface area contributed by atoms with Crippen molar-refractivity contribution in [1.29, 1.82) is 0 Å². The molecule has 0 aliphatic carbocycles. The van der Waals surface area contributed by atoms with Gasteiger partial charge in [-0.1, -0.05) is 0 Å². The Morgan fingerprint density at radius 1 is 1.44 bits per heavy atom.